The first kappa shape index (κ1) is 11.8. The summed E-state index contributed by atoms with van der Waals surface area (Å²) in [5.41, 5.74) is 6.73. The minimum Gasteiger partial charge on any atom is -0.462 e. The number of rotatable bonds is 4. The van der Waals surface area contributed by atoms with E-state index in [-0.39, 0.29) is 24.7 Å². The molecule has 4 nitrogen and oxygen atoms in total. The van der Waals surface area contributed by atoms with Crippen molar-refractivity contribution < 1.29 is 9.53 Å². The van der Waals surface area contributed by atoms with Crippen LogP contribution in [0.4, 0.5) is 0 Å². The summed E-state index contributed by atoms with van der Waals surface area (Å²) in [6.45, 7) is 5.82. The lowest BCUT2D eigenvalue weighted by Crippen LogP contribution is -2.16. The number of carbonyl (C=O) groups is 1. The standard InChI is InChI=1S/C11H18N2O2/c1-8(2)15-11(14)7-13-5-4-10(6-13)9(3)12/h4-6,8-9H,7,12H2,1-3H3. The highest BCUT2D eigenvalue weighted by Gasteiger charge is 2.07. The molecule has 1 heterocycles. The maximum absolute atomic E-state index is 11.3. The van der Waals surface area contributed by atoms with E-state index in [9.17, 15) is 4.79 Å². The van der Waals surface area contributed by atoms with Crippen LogP contribution in [0.25, 0.3) is 0 Å². The molecule has 1 unspecified atom stereocenters. The van der Waals surface area contributed by atoms with Gasteiger partial charge in [0, 0.05) is 18.4 Å². The summed E-state index contributed by atoms with van der Waals surface area (Å²) in [6, 6.07) is 1.90. The van der Waals surface area contributed by atoms with Crippen molar-refractivity contribution in [2.45, 2.75) is 39.5 Å². The van der Waals surface area contributed by atoms with Crippen molar-refractivity contribution in [3.8, 4) is 0 Å². The molecule has 0 amide bonds. The van der Waals surface area contributed by atoms with Crippen molar-refractivity contribution >= 4 is 5.97 Å². The second kappa shape index (κ2) is 4.98. The Morgan fingerprint density at radius 2 is 2.20 bits per heavy atom. The van der Waals surface area contributed by atoms with E-state index >= 15 is 0 Å². The summed E-state index contributed by atoms with van der Waals surface area (Å²) in [7, 11) is 0. The van der Waals surface area contributed by atoms with Crippen molar-refractivity contribution in [3.05, 3.63) is 24.0 Å². The molecule has 0 saturated carbocycles. The zero-order valence-corrected chi connectivity index (χ0v) is 9.43. The van der Waals surface area contributed by atoms with Crippen LogP contribution in [-0.2, 0) is 16.1 Å². The molecule has 0 aromatic carbocycles. The number of hydrogen-bond donors (Lipinski definition) is 1. The molecule has 0 aliphatic rings. The van der Waals surface area contributed by atoms with Gasteiger partial charge in [-0.3, -0.25) is 4.79 Å². The van der Waals surface area contributed by atoms with Gasteiger partial charge in [0.25, 0.3) is 0 Å². The molecular formula is C11H18N2O2. The number of aromatic nitrogens is 1. The fourth-order valence-electron chi connectivity index (χ4n) is 1.28. The molecule has 1 aromatic heterocycles. The Balaban J connectivity index is 2.53. The van der Waals surface area contributed by atoms with Crippen molar-refractivity contribution in [1.29, 1.82) is 0 Å². The van der Waals surface area contributed by atoms with Crippen LogP contribution in [0.3, 0.4) is 0 Å². The molecule has 0 aliphatic heterocycles. The third-order valence-electron chi connectivity index (χ3n) is 1.98. The molecule has 0 bridgehead atoms. The van der Waals surface area contributed by atoms with Crippen LogP contribution in [0.5, 0.6) is 0 Å². The monoisotopic (exact) mass is 210 g/mol. The van der Waals surface area contributed by atoms with Gasteiger partial charge in [0.05, 0.1) is 6.10 Å². The quantitative estimate of drug-likeness (QED) is 0.765. The Labute approximate surface area is 90.0 Å². The van der Waals surface area contributed by atoms with Gasteiger partial charge in [-0.25, -0.2) is 0 Å². The Morgan fingerprint density at radius 1 is 1.53 bits per heavy atom. The molecule has 1 rings (SSSR count). The van der Waals surface area contributed by atoms with Gasteiger partial charge in [-0.2, -0.15) is 0 Å². The van der Waals surface area contributed by atoms with E-state index < -0.39 is 0 Å². The zero-order chi connectivity index (χ0) is 11.4. The average molecular weight is 210 g/mol. The molecule has 0 fully saturated rings. The number of esters is 1. The molecule has 0 radical (unpaired) electrons. The summed E-state index contributed by atoms with van der Waals surface area (Å²) >= 11 is 0. The molecular weight excluding hydrogens is 192 g/mol. The molecule has 15 heavy (non-hydrogen) atoms. The number of hydrogen-bond acceptors (Lipinski definition) is 3. The van der Waals surface area contributed by atoms with Crippen molar-refractivity contribution in [1.82, 2.24) is 4.57 Å². The summed E-state index contributed by atoms with van der Waals surface area (Å²) in [4.78, 5) is 11.3. The van der Waals surface area contributed by atoms with E-state index in [1.165, 1.54) is 0 Å². The Hall–Kier alpha value is -1.29. The molecule has 1 aromatic rings. The van der Waals surface area contributed by atoms with E-state index in [0.717, 1.165) is 5.56 Å². The van der Waals surface area contributed by atoms with Gasteiger partial charge in [0.15, 0.2) is 0 Å². The Kier molecular flexibility index (Phi) is 3.91. The normalized spacial score (nSPS) is 12.9. The minimum absolute atomic E-state index is 0.00707. The lowest BCUT2D eigenvalue weighted by molar-refractivity contribution is -0.148. The first-order valence-corrected chi connectivity index (χ1v) is 5.09. The van der Waals surface area contributed by atoms with Gasteiger partial charge in [-0.15, -0.1) is 0 Å². The van der Waals surface area contributed by atoms with Crippen LogP contribution in [0.15, 0.2) is 18.5 Å². The highest BCUT2D eigenvalue weighted by atomic mass is 16.5. The summed E-state index contributed by atoms with van der Waals surface area (Å²) in [5, 5.41) is 0. The molecule has 0 aliphatic carbocycles. The van der Waals surface area contributed by atoms with Crippen LogP contribution in [0, 0.1) is 0 Å². The summed E-state index contributed by atoms with van der Waals surface area (Å²) in [5.74, 6) is -0.225. The maximum atomic E-state index is 11.3. The molecule has 0 spiro atoms. The summed E-state index contributed by atoms with van der Waals surface area (Å²) in [6.07, 6.45) is 3.63. The van der Waals surface area contributed by atoms with Crippen molar-refractivity contribution in [2.75, 3.05) is 0 Å². The molecule has 1 atom stereocenters. The third kappa shape index (κ3) is 3.75. The number of nitrogens with zero attached hydrogens (tertiary/aromatic N) is 1. The topological polar surface area (TPSA) is 57.2 Å². The average Bonchev–Trinajstić information content (AvgIpc) is 2.50. The molecule has 84 valence electrons. The molecule has 0 saturated heterocycles. The molecule has 4 heteroatoms. The number of nitrogens with two attached hydrogens (primary N) is 1. The Bertz CT molecular complexity index is 329. The van der Waals surface area contributed by atoms with Crippen LogP contribution in [0.2, 0.25) is 0 Å². The minimum atomic E-state index is -0.225. The SMILES string of the molecule is CC(C)OC(=O)Cn1ccc(C(C)N)c1. The van der Waals surface area contributed by atoms with Crippen molar-refractivity contribution in [2.24, 2.45) is 5.73 Å². The largest absolute Gasteiger partial charge is 0.462 e. The fourth-order valence-corrected chi connectivity index (χ4v) is 1.28. The van der Waals surface area contributed by atoms with Gasteiger partial charge < -0.3 is 15.0 Å². The van der Waals surface area contributed by atoms with E-state index in [1.54, 1.807) is 4.57 Å². The number of ether oxygens (including phenoxy) is 1. The third-order valence-corrected chi connectivity index (χ3v) is 1.98. The zero-order valence-electron chi connectivity index (χ0n) is 9.43. The van der Waals surface area contributed by atoms with Gasteiger partial charge >= 0.3 is 5.97 Å². The van der Waals surface area contributed by atoms with Gasteiger partial charge in [0.1, 0.15) is 6.54 Å². The van der Waals surface area contributed by atoms with Gasteiger partial charge in [-0.05, 0) is 32.4 Å². The van der Waals surface area contributed by atoms with Gasteiger partial charge in [-0.1, -0.05) is 0 Å². The van der Waals surface area contributed by atoms with Crippen LogP contribution in [-0.4, -0.2) is 16.6 Å². The first-order valence-electron chi connectivity index (χ1n) is 5.09. The Morgan fingerprint density at radius 3 is 2.67 bits per heavy atom. The van der Waals surface area contributed by atoms with E-state index in [1.807, 2.05) is 39.2 Å². The van der Waals surface area contributed by atoms with E-state index in [2.05, 4.69) is 0 Å². The predicted molar refractivity (Wildman–Crippen MR) is 58.3 cm³/mol. The lowest BCUT2D eigenvalue weighted by Gasteiger charge is -2.08. The second-order valence-corrected chi connectivity index (χ2v) is 3.94. The summed E-state index contributed by atoms with van der Waals surface area (Å²) < 4.78 is 6.81. The maximum Gasteiger partial charge on any atom is 0.326 e. The van der Waals surface area contributed by atoms with E-state index in [4.69, 9.17) is 10.5 Å². The van der Waals surface area contributed by atoms with Crippen LogP contribution >= 0.6 is 0 Å². The van der Waals surface area contributed by atoms with Gasteiger partial charge in [0.2, 0.25) is 0 Å². The fraction of sp³-hybridized carbons (Fsp3) is 0.545. The first-order chi connectivity index (χ1) is 6.99. The smallest absolute Gasteiger partial charge is 0.326 e. The van der Waals surface area contributed by atoms with Crippen LogP contribution < -0.4 is 5.73 Å². The predicted octanol–water partition coefficient (Wildman–Crippen LogP) is 1.46. The van der Waals surface area contributed by atoms with Crippen LogP contribution in [0.1, 0.15) is 32.4 Å². The van der Waals surface area contributed by atoms with E-state index in [0.29, 0.717) is 0 Å². The lowest BCUT2D eigenvalue weighted by atomic mass is 10.2. The highest BCUT2D eigenvalue weighted by molar-refractivity contribution is 5.69. The number of carbonyl (C=O) groups excluding carboxylic acids is 1. The second-order valence-electron chi connectivity index (χ2n) is 3.94. The molecule has 2 N–H and O–H groups in total. The highest BCUT2D eigenvalue weighted by Crippen LogP contribution is 2.09. The van der Waals surface area contributed by atoms with Crippen molar-refractivity contribution in [3.63, 3.8) is 0 Å².